The zero-order valence-corrected chi connectivity index (χ0v) is 9.12. The number of aromatic nitrogens is 2. The molecule has 0 spiro atoms. The number of carbonyl (C=O) groups excluding carboxylic acids is 1. The molecule has 0 saturated carbocycles. The largest absolute Gasteiger partial charge is 0.319 e. The Labute approximate surface area is 91.5 Å². The van der Waals surface area contributed by atoms with Gasteiger partial charge in [0.1, 0.15) is 0 Å². The van der Waals surface area contributed by atoms with Gasteiger partial charge in [-0.2, -0.15) is 5.10 Å². The highest BCUT2D eigenvalue weighted by Crippen LogP contribution is 2.12. The first-order chi connectivity index (χ1) is 7.29. The quantitative estimate of drug-likeness (QED) is 0.863. The molecule has 0 aliphatic carbocycles. The summed E-state index contributed by atoms with van der Waals surface area (Å²) in [6.45, 7) is 2.80. The summed E-state index contributed by atoms with van der Waals surface area (Å²) in [7, 11) is 0. The molecule has 0 aromatic carbocycles. The number of rotatable bonds is 3. The average Bonchev–Trinajstić information content (AvgIpc) is 2.87. The molecule has 0 unspecified atom stereocenters. The van der Waals surface area contributed by atoms with Crippen molar-refractivity contribution >= 4 is 22.9 Å². The maximum Gasteiger partial charge on any atom is 0.265 e. The molecule has 0 bridgehead atoms. The van der Waals surface area contributed by atoms with Crippen molar-refractivity contribution in [3.05, 3.63) is 34.8 Å². The van der Waals surface area contributed by atoms with Crippen LogP contribution in [0, 0.1) is 0 Å². The van der Waals surface area contributed by atoms with Crippen LogP contribution in [0.25, 0.3) is 0 Å². The molecule has 4 nitrogen and oxygen atoms in total. The minimum Gasteiger partial charge on any atom is -0.319 e. The van der Waals surface area contributed by atoms with Crippen LogP contribution in [0.4, 0.5) is 5.69 Å². The molecule has 0 radical (unpaired) electrons. The molecular weight excluding hydrogens is 210 g/mol. The summed E-state index contributed by atoms with van der Waals surface area (Å²) in [6.07, 6.45) is 3.46. The van der Waals surface area contributed by atoms with Gasteiger partial charge in [-0.1, -0.05) is 6.07 Å². The number of thiophene rings is 1. The van der Waals surface area contributed by atoms with E-state index >= 15 is 0 Å². The van der Waals surface area contributed by atoms with Gasteiger partial charge in [0.05, 0.1) is 16.8 Å². The third-order valence-electron chi connectivity index (χ3n) is 1.96. The van der Waals surface area contributed by atoms with Crippen LogP contribution in [-0.2, 0) is 6.54 Å². The third kappa shape index (κ3) is 2.24. The van der Waals surface area contributed by atoms with E-state index in [0.717, 1.165) is 12.2 Å². The van der Waals surface area contributed by atoms with Crippen LogP contribution in [0.15, 0.2) is 29.9 Å². The minimum absolute atomic E-state index is 0.0827. The Morgan fingerprint density at radius 3 is 3.13 bits per heavy atom. The lowest BCUT2D eigenvalue weighted by Crippen LogP contribution is -2.09. The summed E-state index contributed by atoms with van der Waals surface area (Å²) < 4.78 is 1.77. The molecule has 1 N–H and O–H groups in total. The number of aryl methyl sites for hydroxylation is 1. The maximum atomic E-state index is 11.6. The molecule has 2 rings (SSSR count). The van der Waals surface area contributed by atoms with Crippen molar-refractivity contribution in [3.8, 4) is 0 Å². The topological polar surface area (TPSA) is 46.9 Å². The molecule has 0 saturated heterocycles. The van der Waals surface area contributed by atoms with Gasteiger partial charge in [0.15, 0.2) is 0 Å². The maximum absolute atomic E-state index is 11.6. The second kappa shape index (κ2) is 4.27. The summed E-state index contributed by atoms with van der Waals surface area (Å²) in [5, 5.41) is 8.74. The van der Waals surface area contributed by atoms with Crippen molar-refractivity contribution < 1.29 is 4.79 Å². The predicted octanol–water partition coefficient (Wildman–Crippen LogP) is 2.22. The molecule has 5 heteroatoms. The van der Waals surface area contributed by atoms with Crippen LogP contribution in [0.5, 0.6) is 0 Å². The number of hydrogen-bond donors (Lipinski definition) is 1. The van der Waals surface area contributed by atoms with Crippen LogP contribution >= 0.6 is 11.3 Å². The fraction of sp³-hybridized carbons (Fsp3) is 0.200. The molecule has 0 fully saturated rings. The molecule has 15 heavy (non-hydrogen) atoms. The molecule has 2 aromatic heterocycles. The summed E-state index contributed by atoms with van der Waals surface area (Å²) in [5.74, 6) is -0.0827. The van der Waals surface area contributed by atoms with Crippen molar-refractivity contribution in [1.29, 1.82) is 0 Å². The van der Waals surface area contributed by atoms with E-state index in [9.17, 15) is 4.79 Å². The molecule has 0 aliphatic rings. The van der Waals surface area contributed by atoms with E-state index in [1.807, 2.05) is 24.6 Å². The van der Waals surface area contributed by atoms with Crippen molar-refractivity contribution in [2.45, 2.75) is 13.5 Å². The fourth-order valence-corrected chi connectivity index (χ4v) is 1.82. The first-order valence-corrected chi connectivity index (χ1v) is 5.55. The Kier molecular flexibility index (Phi) is 2.82. The summed E-state index contributed by atoms with van der Waals surface area (Å²) in [6, 6.07) is 3.65. The van der Waals surface area contributed by atoms with Crippen molar-refractivity contribution in [2.24, 2.45) is 0 Å². The van der Waals surface area contributed by atoms with Crippen LogP contribution in [0.2, 0.25) is 0 Å². The summed E-state index contributed by atoms with van der Waals surface area (Å²) >= 11 is 1.42. The van der Waals surface area contributed by atoms with Crippen molar-refractivity contribution in [3.63, 3.8) is 0 Å². The summed E-state index contributed by atoms with van der Waals surface area (Å²) in [5.41, 5.74) is 0.732. The number of nitrogens with one attached hydrogen (secondary N) is 1. The standard InChI is InChI=1S/C10H11N3OS/c1-2-13-7-8(6-11-13)12-10(14)9-4-3-5-15-9/h3-7H,2H2,1H3,(H,12,14). The number of anilines is 1. The van der Waals surface area contributed by atoms with Gasteiger partial charge < -0.3 is 5.32 Å². The smallest absolute Gasteiger partial charge is 0.265 e. The highest BCUT2D eigenvalue weighted by molar-refractivity contribution is 7.12. The number of nitrogens with zero attached hydrogens (tertiary/aromatic N) is 2. The van der Waals surface area contributed by atoms with E-state index in [1.165, 1.54) is 11.3 Å². The van der Waals surface area contributed by atoms with E-state index in [0.29, 0.717) is 4.88 Å². The second-order valence-electron chi connectivity index (χ2n) is 3.02. The number of hydrogen-bond acceptors (Lipinski definition) is 3. The number of amides is 1. The van der Waals surface area contributed by atoms with Gasteiger partial charge in [0.2, 0.25) is 0 Å². The van der Waals surface area contributed by atoms with E-state index in [2.05, 4.69) is 10.4 Å². The molecule has 0 aliphatic heterocycles. The highest BCUT2D eigenvalue weighted by Gasteiger charge is 2.07. The third-order valence-corrected chi connectivity index (χ3v) is 2.83. The summed E-state index contributed by atoms with van der Waals surface area (Å²) in [4.78, 5) is 12.3. The molecule has 2 heterocycles. The van der Waals surface area contributed by atoms with E-state index in [-0.39, 0.29) is 5.91 Å². The van der Waals surface area contributed by atoms with E-state index < -0.39 is 0 Å². The molecule has 0 atom stereocenters. The van der Waals surface area contributed by atoms with Crippen LogP contribution in [0.3, 0.4) is 0 Å². The Morgan fingerprint density at radius 2 is 2.53 bits per heavy atom. The van der Waals surface area contributed by atoms with Crippen molar-refractivity contribution in [2.75, 3.05) is 5.32 Å². The Morgan fingerprint density at radius 1 is 1.67 bits per heavy atom. The minimum atomic E-state index is -0.0827. The Bertz CT molecular complexity index is 447. The van der Waals surface area contributed by atoms with Gasteiger partial charge in [-0.25, -0.2) is 0 Å². The monoisotopic (exact) mass is 221 g/mol. The van der Waals surface area contributed by atoms with Gasteiger partial charge in [-0.3, -0.25) is 9.48 Å². The van der Waals surface area contributed by atoms with Gasteiger partial charge >= 0.3 is 0 Å². The zero-order valence-electron chi connectivity index (χ0n) is 8.30. The highest BCUT2D eigenvalue weighted by atomic mass is 32.1. The lowest BCUT2D eigenvalue weighted by Gasteiger charge is -1.98. The Hall–Kier alpha value is -1.62. The van der Waals surface area contributed by atoms with Gasteiger partial charge in [0, 0.05) is 12.7 Å². The van der Waals surface area contributed by atoms with Crippen LogP contribution in [-0.4, -0.2) is 15.7 Å². The van der Waals surface area contributed by atoms with E-state index in [4.69, 9.17) is 0 Å². The second-order valence-corrected chi connectivity index (χ2v) is 3.96. The lowest BCUT2D eigenvalue weighted by molar-refractivity contribution is 0.103. The normalized spacial score (nSPS) is 10.2. The van der Waals surface area contributed by atoms with Gasteiger partial charge in [-0.15, -0.1) is 11.3 Å². The van der Waals surface area contributed by atoms with Gasteiger partial charge in [-0.05, 0) is 18.4 Å². The predicted molar refractivity (Wildman–Crippen MR) is 60.2 cm³/mol. The van der Waals surface area contributed by atoms with E-state index in [1.54, 1.807) is 16.9 Å². The number of carbonyl (C=O) groups is 1. The zero-order chi connectivity index (χ0) is 10.7. The van der Waals surface area contributed by atoms with Crippen molar-refractivity contribution in [1.82, 2.24) is 9.78 Å². The van der Waals surface area contributed by atoms with Crippen LogP contribution < -0.4 is 5.32 Å². The molecule has 1 amide bonds. The molecule has 78 valence electrons. The Balaban J connectivity index is 2.06. The SMILES string of the molecule is CCn1cc(NC(=O)c2cccs2)cn1. The fourth-order valence-electron chi connectivity index (χ4n) is 1.20. The van der Waals surface area contributed by atoms with Gasteiger partial charge in [0.25, 0.3) is 5.91 Å². The molecule has 2 aromatic rings. The average molecular weight is 221 g/mol. The van der Waals surface area contributed by atoms with Crippen LogP contribution in [0.1, 0.15) is 16.6 Å². The lowest BCUT2D eigenvalue weighted by atomic mass is 10.4. The molecular formula is C10H11N3OS. The first-order valence-electron chi connectivity index (χ1n) is 4.67. The first kappa shape index (κ1) is 9.92.